The van der Waals surface area contributed by atoms with Gasteiger partial charge in [-0.15, -0.1) is 11.3 Å². The van der Waals surface area contributed by atoms with Gasteiger partial charge in [0, 0.05) is 25.6 Å². The molecule has 0 bridgehead atoms. The molecule has 1 aromatic heterocycles. The number of nitrogens with two attached hydrogens (primary N) is 1. The molecule has 2 heterocycles. The Balaban J connectivity index is 1.44. The number of thiazole rings is 1. The van der Waals surface area contributed by atoms with E-state index in [1.165, 1.54) is 9.71 Å². The van der Waals surface area contributed by atoms with Gasteiger partial charge in [-0.2, -0.15) is 0 Å². The van der Waals surface area contributed by atoms with E-state index in [0.717, 1.165) is 44.3 Å². The van der Waals surface area contributed by atoms with Crippen LogP contribution in [-0.2, 0) is 11.2 Å². The Bertz CT molecular complexity index is 676. The number of carbonyl (C=O) groups excluding carboxylic acids is 1. The second kappa shape index (κ2) is 7.19. The van der Waals surface area contributed by atoms with E-state index >= 15 is 0 Å². The topological polar surface area (TPSA) is 59.2 Å². The number of aryl methyl sites for hydroxylation is 1. The van der Waals surface area contributed by atoms with Crippen molar-refractivity contribution in [1.82, 2.24) is 9.88 Å². The molecule has 1 aromatic carbocycles. The Kier molecular flexibility index (Phi) is 5.21. The van der Waals surface area contributed by atoms with Crippen LogP contribution in [-0.4, -0.2) is 34.9 Å². The predicted molar refractivity (Wildman–Crippen MR) is 100 cm³/mol. The van der Waals surface area contributed by atoms with E-state index < -0.39 is 0 Å². The zero-order valence-electron chi connectivity index (χ0n) is 14.6. The van der Waals surface area contributed by atoms with Crippen LogP contribution in [0.1, 0.15) is 44.5 Å². The fraction of sp³-hybridized carbons (Fsp3) is 0.579. The van der Waals surface area contributed by atoms with E-state index in [2.05, 4.69) is 37.0 Å². The summed E-state index contributed by atoms with van der Waals surface area (Å²) in [6.45, 7) is 5.90. The lowest BCUT2D eigenvalue weighted by Gasteiger charge is -2.42. The minimum absolute atomic E-state index is 0.0227. The van der Waals surface area contributed by atoms with Crippen molar-refractivity contribution in [3.63, 3.8) is 0 Å². The van der Waals surface area contributed by atoms with Crippen LogP contribution < -0.4 is 5.73 Å². The molecule has 5 heteroatoms. The van der Waals surface area contributed by atoms with Crippen LogP contribution in [0.25, 0.3) is 10.2 Å². The van der Waals surface area contributed by atoms with Gasteiger partial charge in [0.2, 0.25) is 5.91 Å². The number of hydrogen-bond acceptors (Lipinski definition) is 4. The highest BCUT2D eigenvalue weighted by atomic mass is 32.1. The predicted octanol–water partition coefficient (Wildman–Crippen LogP) is 3.59. The third-order valence-corrected chi connectivity index (χ3v) is 6.13. The summed E-state index contributed by atoms with van der Waals surface area (Å²) in [4.78, 5) is 19.1. The van der Waals surface area contributed by atoms with Gasteiger partial charge in [0.25, 0.3) is 0 Å². The van der Waals surface area contributed by atoms with Gasteiger partial charge in [0.1, 0.15) is 0 Å². The summed E-state index contributed by atoms with van der Waals surface area (Å²) in [5, 5.41) is 1.17. The number of para-hydroxylation sites is 1. The molecule has 0 saturated carbocycles. The molecule has 1 aliphatic rings. The van der Waals surface area contributed by atoms with Gasteiger partial charge in [0.15, 0.2) is 0 Å². The second-order valence-electron chi connectivity index (χ2n) is 7.48. The van der Waals surface area contributed by atoms with Gasteiger partial charge < -0.3 is 10.6 Å². The van der Waals surface area contributed by atoms with Crippen molar-refractivity contribution in [2.45, 2.75) is 52.0 Å². The average molecular weight is 346 g/mol. The number of aromatic nitrogens is 1. The van der Waals surface area contributed by atoms with E-state index in [-0.39, 0.29) is 17.4 Å². The first-order valence-electron chi connectivity index (χ1n) is 8.83. The number of fused-ring (bicyclic) bond motifs is 1. The second-order valence-corrected chi connectivity index (χ2v) is 8.60. The maximum Gasteiger partial charge on any atom is 0.222 e. The highest BCUT2D eigenvalue weighted by Crippen LogP contribution is 2.28. The number of benzene rings is 1. The van der Waals surface area contributed by atoms with Crippen molar-refractivity contribution in [3.05, 3.63) is 29.3 Å². The molecular formula is C19H27N3OS. The Morgan fingerprint density at radius 3 is 2.92 bits per heavy atom. The molecule has 0 radical (unpaired) electrons. The average Bonchev–Trinajstić information content (AvgIpc) is 2.96. The smallest absolute Gasteiger partial charge is 0.222 e. The van der Waals surface area contributed by atoms with E-state index in [1.54, 1.807) is 11.3 Å². The summed E-state index contributed by atoms with van der Waals surface area (Å²) in [5.74, 6) is 0.277. The lowest BCUT2D eigenvalue weighted by atomic mass is 9.79. The minimum Gasteiger partial charge on any atom is -0.342 e. The Labute approximate surface area is 148 Å². The molecular weight excluding hydrogens is 318 g/mol. The molecule has 1 fully saturated rings. The number of rotatable bonds is 5. The van der Waals surface area contributed by atoms with Gasteiger partial charge in [-0.05, 0) is 43.2 Å². The number of carbonyl (C=O) groups is 1. The number of hydrogen-bond donors (Lipinski definition) is 1. The normalized spacial score (nSPS) is 20.5. The molecule has 2 N–H and O–H groups in total. The Morgan fingerprint density at radius 1 is 1.38 bits per heavy atom. The van der Waals surface area contributed by atoms with Crippen molar-refractivity contribution in [3.8, 4) is 0 Å². The zero-order chi connectivity index (χ0) is 17.2. The van der Waals surface area contributed by atoms with E-state index in [9.17, 15) is 4.79 Å². The first kappa shape index (κ1) is 17.4. The Morgan fingerprint density at radius 2 is 2.17 bits per heavy atom. The molecule has 24 heavy (non-hydrogen) atoms. The van der Waals surface area contributed by atoms with Gasteiger partial charge in [-0.3, -0.25) is 4.79 Å². The lowest BCUT2D eigenvalue weighted by molar-refractivity contribution is -0.134. The minimum atomic E-state index is 0.0227. The van der Waals surface area contributed by atoms with Crippen molar-refractivity contribution in [1.29, 1.82) is 0 Å². The van der Waals surface area contributed by atoms with Crippen LogP contribution in [0.15, 0.2) is 24.3 Å². The summed E-state index contributed by atoms with van der Waals surface area (Å²) in [7, 11) is 0. The lowest BCUT2D eigenvalue weighted by Crippen LogP contribution is -2.53. The van der Waals surface area contributed by atoms with E-state index in [4.69, 9.17) is 5.73 Å². The summed E-state index contributed by atoms with van der Waals surface area (Å²) in [5.41, 5.74) is 7.26. The highest BCUT2D eigenvalue weighted by Gasteiger charge is 2.34. The number of piperidine rings is 1. The molecule has 1 saturated heterocycles. The molecule has 1 unspecified atom stereocenters. The van der Waals surface area contributed by atoms with E-state index in [0.29, 0.717) is 6.42 Å². The van der Waals surface area contributed by atoms with Crippen molar-refractivity contribution >= 4 is 27.5 Å². The van der Waals surface area contributed by atoms with Crippen molar-refractivity contribution < 1.29 is 4.79 Å². The van der Waals surface area contributed by atoms with Crippen LogP contribution in [0.5, 0.6) is 0 Å². The number of likely N-dealkylation sites (tertiary alicyclic amines) is 1. The maximum absolute atomic E-state index is 12.4. The largest absolute Gasteiger partial charge is 0.342 e. The molecule has 1 atom stereocenters. The third kappa shape index (κ3) is 3.95. The molecule has 0 aliphatic carbocycles. The van der Waals surface area contributed by atoms with Gasteiger partial charge >= 0.3 is 0 Å². The number of unbranched alkanes of at least 4 members (excludes halogenated alkanes) is 1. The first-order valence-corrected chi connectivity index (χ1v) is 9.65. The maximum atomic E-state index is 12.4. The van der Waals surface area contributed by atoms with Crippen LogP contribution in [0.2, 0.25) is 0 Å². The van der Waals surface area contributed by atoms with Crippen LogP contribution in [0.3, 0.4) is 0 Å². The zero-order valence-corrected chi connectivity index (χ0v) is 15.4. The standard InChI is InChI=1S/C19H27N3OS/c1-19(2)13-22(12-11-16(19)20)18(23)10-6-5-9-17-21-14-7-3-4-8-15(14)24-17/h3-4,7-8,16H,5-6,9-13,20H2,1-2H3. The quantitative estimate of drug-likeness (QED) is 0.843. The van der Waals surface area contributed by atoms with Gasteiger partial charge in [-0.1, -0.05) is 26.0 Å². The fourth-order valence-electron chi connectivity index (χ4n) is 3.32. The molecule has 3 rings (SSSR count). The van der Waals surface area contributed by atoms with E-state index in [1.807, 2.05) is 11.0 Å². The Hall–Kier alpha value is -1.46. The molecule has 130 valence electrons. The monoisotopic (exact) mass is 345 g/mol. The molecule has 2 aromatic rings. The number of amides is 1. The summed E-state index contributed by atoms with van der Waals surface area (Å²) < 4.78 is 1.25. The van der Waals surface area contributed by atoms with Gasteiger partial charge in [0.05, 0.1) is 15.2 Å². The summed E-state index contributed by atoms with van der Waals surface area (Å²) >= 11 is 1.76. The van der Waals surface area contributed by atoms with Crippen molar-refractivity contribution in [2.24, 2.45) is 11.1 Å². The van der Waals surface area contributed by atoms with Crippen LogP contribution in [0, 0.1) is 5.41 Å². The fourth-order valence-corrected chi connectivity index (χ4v) is 4.33. The molecule has 0 spiro atoms. The SMILES string of the molecule is CC1(C)CN(C(=O)CCCCc2nc3ccccc3s2)CCC1N. The first-order chi connectivity index (χ1) is 11.5. The van der Waals surface area contributed by atoms with Crippen molar-refractivity contribution in [2.75, 3.05) is 13.1 Å². The molecule has 4 nitrogen and oxygen atoms in total. The van der Waals surface area contributed by atoms with Gasteiger partial charge in [-0.25, -0.2) is 4.98 Å². The summed E-state index contributed by atoms with van der Waals surface area (Å²) in [6, 6.07) is 8.44. The molecule has 1 aliphatic heterocycles. The highest BCUT2D eigenvalue weighted by molar-refractivity contribution is 7.18. The number of nitrogens with zero attached hydrogens (tertiary/aromatic N) is 2. The van der Waals surface area contributed by atoms with Crippen LogP contribution in [0.4, 0.5) is 0 Å². The molecule has 1 amide bonds. The third-order valence-electron chi connectivity index (χ3n) is 5.03. The van der Waals surface area contributed by atoms with Crippen LogP contribution >= 0.6 is 11.3 Å². The summed E-state index contributed by atoms with van der Waals surface area (Å²) in [6.07, 6.45) is 4.45.